The fourth-order valence-corrected chi connectivity index (χ4v) is 7.42. The Hall–Kier alpha value is -3.06. The lowest BCUT2D eigenvalue weighted by atomic mass is 9.89. The summed E-state index contributed by atoms with van der Waals surface area (Å²) in [4.78, 5) is 58.3. The number of carbonyl (C=O) groups excluding carboxylic acids is 4. The van der Waals surface area contributed by atoms with Gasteiger partial charge in [-0.3, -0.25) is 19.2 Å². The van der Waals surface area contributed by atoms with Crippen LogP contribution in [-0.4, -0.2) is 116 Å². The Labute approximate surface area is 306 Å². The van der Waals surface area contributed by atoms with Crippen LogP contribution in [0.3, 0.4) is 0 Å². The van der Waals surface area contributed by atoms with E-state index < -0.39 is 48.4 Å². The van der Waals surface area contributed by atoms with Crippen molar-refractivity contribution < 1.29 is 33.8 Å². The van der Waals surface area contributed by atoms with Crippen LogP contribution in [0.1, 0.15) is 92.7 Å². The van der Waals surface area contributed by atoms with Gasteiger partial charge in [-0.05, 0) is 50.1 Å². The number of hydrogen-bond donors (Lipinski definition) is 4. The number of ether oxygens (including phenoxy) is 2. The molecule has 4 N–H and O–H groups in total. The fourth-order valence-electron chi connectivity index (χ4n) is 7.42. The molecular weight excluding hydrogens is 650 g/mol. The Bertz CT molecular complexity index is 1250. The third kappa shape index (κ3) is 11.5. The summed E-state index contributed by atoms with van der Waals surface area (Å²) in [6.07, 6.45) is 0.147. The van der Waals surface area contributed by atoms with Gasteiger partial charge in [0.25, 0.3) is 0 Å². The normalized spacial score (nSPS) is 20.1. The second kappa shape index (κ2) is 20.8. The highest BCUT2D eigenvalue weighted by Gasteiger charge is 2.43. The predicted octanol–water partition coefficient (Wildman–Crippen LogP) is 3.53. The van der Waals surface area contributed by atoms with E-state index in [1.54, 1.807) is 52.0 Å². The van der Waals surface area contributed by atoms with E-state index in [9.17, 15) is 24.3 Å². The van der Waals surface area contributed by atoms with Crippen molar-refractivity contribution in [3.05, 3.63) is 35.9 Å². The van der Waals surface area contributed by atoms with Gasteiger partial charge in [0.1, 0.15) is 6.04 Å². The molecule has 10 atom stereocenters. The topological polar surface area (TPSA) is 150 Å². The van der Waals surface area contributed by atoms with E-state index in [4.69, 9.17) is 9.47 Å². The van der Waals surface area contributed by atoms with E-state index in [1.165, 1.54) is 0 Å². The van der Waals surface area contributed by atoms with Crippen LogP contribution in [0.5, 0.6) is 0 Å². The van der Waals surface area contributed by atoms with Crippen molar-refractivity contribution >= 4 is 23.6 Å². The van der Waals surface area contributed by atoms with Crippen LogP contribution in [0.4, 0.5) is 0 Å². The molecule has 0 saturated carbocycles. The van der Waals surface area contributed by atoms with Gasteiger partial charge >= 0.3 is 0 Å². The van der Waals surface area contributed by atoms with Gasteiger partial charge in [0.15, 0.2) is 0 Å². The van der Waals surface area contributed by atoms with Gasteiger partial charge in [-0.2, -0.15) is 0 Å². The first-order chi connectivity index (χ1) is 24.0. The number of hydrogen-bond acceptors (Lipinski definition) is 8. The minimum atomic E-state index is -0.875. The average Bonchev–Trinajstić information content (AvgIpc) is 3.59. The standard InChI is InChI=1S/C39H67N5O7/c1-13-25(6)34(43(10)39(49)33(24(4)5)42-38(48)32(40-9)23(2)3)30(50-11)22-31(45)44-21-17-20-29(44)36(51-12)26(7)37(47)41-27(8)35(46)28-18-15-14-16-19-28/h14-16,18-19,23-27,29-30,32-36,40,46H,13,17,20-22H2,1-12H3,(H,41,47)(H,42,48)/t25-,26+,27+,29?,30+,32-,33-,34-,35+,36+/m0/s1. The van der Waals surface area contributed by atoms with Crippen LogP contribution in [0.25, 0.3) is 0 Å². The molecule has 12 nitrogen and oxygen atoms in total. The lowest BCUT2D eigenvalue weighted by Crippen LogP contribution is -2.59. The number of carbonyl (C=O) groups is 4. The van der Waals surface area contributed by atoms with Crippen molar-refractivity contribution in [2.45, 2.75) is 130 Å². The number of nitrogens with zero attached hydrogens (tertiary/aromatic N) is 2. The first-order valence-corrected chi connectivity index (χ1v) is 18.7. The van der Waals surface area contributed by atoms with E-state index >= 15 is 0 Å². The minimum Gasteiger partial charge on any atom is -0.386 e. The maximum atomic E-state index is 14.1. The van der Waals surface area contributed by atoms with Gasteiger partial charge in [0.05, 0.1) is 54.8 Å². The van der Waals surface area contributed by atoms with Crippen molar-refractivity contribution in [1.29, 1.82) is 0 Å². The largest absolute Gasteiger partial charge is 0.386 e. The van der Waals surface area contributed by atoms with Gasteiger partial charge < -0.3 is 40.3 Å². The van der Waals surface area contributed by atoms with Crippen LogP contribution >= 0.6 is 0 Å². The van der Waals surface area contributed by atoms with Gasteiger partial charge in [-0.1, -0.05) is 85.2 Å². The highest BCUT2D eigenvalue weighted by atomic mass is 16.5. The lowest BCUT2D eigenvalue weighted by molar-refractivity contribution is -0.148. The van der Waals surface area contributed by atoms with E-state index in [2.05, 4.69) is 16.0 Å². The van der Waals surface area contributed by atoms with Crippen molar-refractivity contribution in [3.63, 3.8) is 0 Å². The third-order valence-electron chi connectivity index (χ3n) is 10.7. The van der Waals surface area contributed by atoms with E-state index in [1.807, 2.05) is 71.9 Å². The van der Waals surface area contributed by atoms with Crippen molar-refractivity contribution in [3.8, 4) is 0 Å². The SMILES string of the molecule is CC[C@H](C)[C@@H]([C@@H](CC(=O)N1CCCC1[C@H](OC)[C@@H](C)C(=O)N[C@H](C)[C@@H](O)c1ccccc1)OC)N(C)C(=O)[C@@H](NC(=O)[C@@H](NC)C(C)C)C(C)C. The summed E-state index contributed by atoms with van der Waals surface area (Å²) < 4.78 is 11.9. The molecular formula is C39H67N5O7. The van der Waals surface area contributed by atoms with Crippen LogP contribution in [-0.2, 0) is 28.7 Å². The second-order valence-corrected chi connectivity index (χ2v) is 15.0. The molecule has 0 aliphatic carbocycles. The third-order valence-corrected chi connectivity index (χ3v) is 10.7. The molecule has 0 bridgehead atoms. The van der Waals surface area contributed by atoms with Crippen molar-refractivity contribution in [2.24, 2.45) is 23.7 Å². The first kappa shape index (κ1) is 44.1. The van der Waals surface area contributed by atoms with E-state index in [0.29, 0.717) is 18.5 Å². The first-order valence-electron chi connectivity index (χ1n) is 18.7. The maximum Gasteiger partial charge on any atom is 0.245 e. The van der Waals surface area contributed by atoms with Gasteiger partial charge in [-0.15, -0.1) is 0 Å². The highest BCUT2D eigenvalue weighted by Crippen LogP contribution is 2.30. The monoisotopic (exact) mass is 718 g/mol. The summed E-state index contributed by atoms with van der Waals surface area (Å²) in [5, 5.41) is 19.8. The van der Waals surface area contributed by atoms with Crippen LogP contribution in [0.2, 0.25) is 0 Å². The highest BCUT2D eigenvalue weighted by molar-refractivity contribution is 5.90. The Kier molecular flexibility index (Phi) is 18.0. The molecule has 1 saturated heterocycles. The number of methoxy groups -OCH3 is 2. The Morgan fingerprint density at radius 1 is 0.922 bits per heavy atom. The molecule has 0 spiro atoms. The van der Waals surface area contributed by atoms with Crippen LogP contribution < -0.4 is 16.0 Å². The number of rotatable bonds is 20. The minimum absolute atomic E-state index is 0.0148. The number of likely N-dealkylation sites (N-methyl/N-ethyl adjacent to an activating group) is 2. The van der Waals surface area contributed by atoms with Crippen molar-refractivity contribution in [1.82, 2.24) is 25.8 Å². The zero-order valence-corrected chi connectivity index (χ0v) is 33.1. The molecule has 1 aliphatic rings. The number of likely N-dealkylation sites (tertiary alicyclic amines) is 1. The smallest absolute Gasteiger partial charge is 0.245 e. The Morgan fingerprint density at radius 2 is 1.53 bits per heavy atom. The molecule has 1 aliphatic heterocycles. The zero-order chi connectivity index (χ0) is 38.6. The van der Waals surface area contributed by atoms with Crippen LogP contribution in [0, 0.1) is 23.7 Å². The molecule has 290 valence electrons. The van der Waals surface area contributed by atoms with Gasteiger partial charge in [0, 0.05) is 27.8 Å². The summed E-state index contributed by atoms with van der Waals surface area (Å²) in [5.41, 5.74) is 0.711. The van der Waals surface area contributed by atoms with Gasteiger partial charge in [-0.25, -0.2) is 0 Å². The lowest BCUT2D eigenvalue weighted by Gasteiger charge is -2.41. The Morgan fingerprint density at radius 3 is 2.04 bits per heavy atom. The molecule has 1 heterocycles. The summed E-state index contributed by atoms with van der Waals surface area (Å²) in [7, 11) is 6.57. The predicted molar refractivity (Wildman–Crippen MR) is 200 cm³/mol. The van der Waals surface area contributed by atoms with E-state index in [0.717, 1.165) is 12.8 Å². The molecule has 0 radical (unpaired) electrons. The molecule has 2 rings (SSSR count). The number of aliphatic hydroxyl groups is 1. The summed E-state index contributed by atoms with van der Waals surface area (Å²) in [6, 6.07) is 6.67. The molecule has 4 amide bonds. The quantitative estimate of drug-likeness (QED) is 0.160. The molecule has 12 heteroatoms. The number of aliphatic hydroxyl groups excluding tert-OH is 1. The molecule has 0 aromatic heterocycles. The molecule has 1 unspecified atom stereocenters. The molecule has 1 aromatic carbocycles. The summed E-state index contributed by atoms with van der Waals surface area (Å²) in [6.45, 7) is 15.9. The van der Waals surface area contributed by atoms with E-state index in [-0.39, 0.29) is 53.8 Å². The summed E-state index contributed by atoms with van der Waals surface area (Å²) >= 11 is 0. The molecule has 1 aromatic rings. The zero-order valence-electron chi connectivity index (χ0n) is 33.1. The number of nitrogens with one attached hydrogen (secondary N) is 3. The summed E-state index contributed by atoms with van der Waals surface area (Å²) in [5.74, 6) is -1.62. The number of benzene rings is 1. The molecule has 51 heavy (non-hydrogen) atoms. The number of amides is 4. The Balaban J connectivity index is 2.24. The molecule has 1 fully saturated rings. The maximum absolute atomic E-state index is 14.1. The second-order valence-electron chi connectivity index (χ2n) is 15.0. The van der Waals surface area contributed by atoms with Crippen molar-refractivity contribution in [2.75, 3.05) is 34.9 Å². The average molecular weight is 718 g/mol. The fraction of sp³-hybridized carbons (Fsp3) is 0.744. The van der Waals surface area contributed by atoms with Crippen LogP contribution in [0.15, 0.2) is 30.3 Å². The van der Waals surface area contributed by atoms with Gasteiger partial charge in [0.2, 0.25) is 23.6 Å².